The summed E-state index contributed by atoms with van der Waals surface area (Å²) in [6, 6.07) is 0. The zero-order chi connectivity index (χ0) is 30.4. The zero-order valence-corrected chi connectivity index (χ0v) is 26.3. The highest BCUT2D eigenvalue weighted by molar-refractivity contribution is 5.83. The number of rotatable bonds is 12. The van der Waals surface area contributed by atoms with Crippen molar-refractivity contribution >= 4 is 23.9 Å². The summed E-state index contributed by atoms with van der Waals surface area (Å²) < 4.78 is 17.8. The van der Waals surface area contributed by atoms with E-state index in [1.165, 1.54) is 6.42 Å². The van der Waals surface area contributed by atoms with Crippen LogP contribution >= 0.6 is 0 Å². The molecule has 1 aliphatic heterocycles. The minimum atomic E-state index is -1.31. The van der Waals surface area contributed by atoms with Gasteiger partial charge in [0.15, 0.2) is 0 Å². The lowest BCUT2D eigenvalue weighted by atomic mass is 9.49. The van der Waals surface area contributed by atoms with E-state index in [4.69, 9.17) is 14.2 Å². The second-order valence-corrected chi connectivity index (χ2v) is 15.4. The van der Waals surface area contributed by atoms with Gasteiger partial charge < -0.3 is 19.3 Å². The summed E-state index contributed by atoms with van der Waals surface area (Å²) in [5.41, 5.74) is -5.08. The highest BCUT2D eigenvalue weighted by Crippen LogP contribution is 2.61. The summed E-state index contributed by atoms with van der Waals surface area (Å²) in [6.07, 6.45) is 8.42. The lowest BCUT2D eigenvalue weighted by molar-refractivity contribution is -0.222. The van der Waals surface area contributed by atoms with Crippen LogP contribution in [0.2, 0.25) is 0 Å². The van der Waals surface area contributed by atoms with Crippen LogP contribution in [-0.2, 0) is 33.4 Å². The monoisotopic (exact) mass is 576 g/mol. The molecule has 1 heterocycles. The fraction of sp³-hybridized carbons (Fsp3) is 0.879. The van der Waals surface area contributed by atoms with Crippen LogP contribution in [0.5, 0.6) is 0 Å². The molecule has 8 heteroatoms. The number of aliphatic carboxylic acids is 1. The first-order valence-corrected chi connectivity index (χ1v) is 15.9. The predicted molar refractivity (Wildman–Crippen MR) is 153 cm³/mol. The quantitative estimate of drug-likeness (QED) is 0.207. The number of carbonyl (C=O) groups excluding carboxylic acids is 3. The fourth-order valence-electron chi connectivity index (χ4n) is 9.01. The van der Waals surface area contributed by atoms with Gasteiger partial charge in [-0.05, 0) is 116 Å². The molecule has 41 heavy (non-hydrogen) atoms. The van der Waals surface area contributed by atoms with Gasteiger partial charge in [-0.3, -0.25) is 19.2 Å². The van der Waals surface area contributed by atoms with E-state index in [0.717, 1.165) is 50.4 Å². The second-order valence-electron chi connectivity index (χ2n) is 15.4. The van der Waals surface area contributed by atoms with Crippen LogP contribution in [0.1, 0.15) is 126 Å². The lowest BCUT2D eigenvalue weighted by Gasteiger charge is -2.60. The number of hydrogen-bond acceptors (Lipinski definition) is 7. The highest BCUT2D eigenvalue weighted by Gasteiger charge is 2.60. The molecule has 5 rings (SSSR count). The zero-order valence-electron chi connectivity index (χ0n) is 26.3. The van der Waals surface area contributed by atoms with Crippen LogP contribution < -0.4 is 0 Å². The Balaban J connectivity index is 1.62. The molecule has 3 atom stereocenters. The van der Waals surface area contributed by atoms with Crippen LogP contribution in [0, 0.1) is 39.9 Å². The molecule has 4 bridgehead atoms. The molecule has 0 aromatic rings. The first-order chi connectivity index (χ1) is 19.0. The maximum Gasteiger partial charge on any atom is 0.312 e. The number of ether oxygens (including phenoxy) is 3. The smallest absolute Gasteiger partial charge is 0.312 e. The Labute approximate surface area is 245 Å². The molecule has 4 saturated carbocycles. The van der Waals surface area contributed by atoms with Crippen molar-refractivity contribution in [1.29, 1.82) is 0 Å². The number of cyclic esters (lactones) is 1. The maximum absolute atomic E-state index is 14.3. The molecule has 3 unspecified atom stereocenters. The van der Waals surface area contributed by atoms with Crippen molar-refractivity contribution in [2.24, 2.45) is 39.9 Å². The third-order valence-electron chi connectivity index (χ3n) is 11.2. The van der Waals surface area contributed by atoms with Crippen molar-refractivity contribution in [3.63, 3.8) is 0 Å². The van der Waals surface area contributed by atoms with Crippen LogP contribution in [0.15, 0.2) is 0 Å². The molecule has 5 aliphatic rings. The van der Waals surface area contributed by atoms with E-state index in [1.54, 1.807) is 27.7 Å². The van der Waals surface area contributed by atoms with E-state index >= 15 is 0 Å². The third-order valence-corrected chi connectivity index (χ3v) is 11.2. The number of carboxylic acid groups (broad SMARTS) is 1. The summed E-state index contributed by atoms with van der Waals surface area (Å²) in [7, 11) is 0. The van der Waals surface area contributed by atoms with Gasteiger partial charge in [0.05, 0.1) is 29.3 Å². The van der Waals surface area contributed by atoms with Gasteiger partial charge in [-0.1, -0.05) is 20.3 Å². The van der Waals surface area contributed by atoms with Crippen molar-refractivity contribution in [2.45, 2.75) is 137 Å². The highest BCUT2D eigenvalue weighted by atomic mass is 16.6. The summed E-state index contributed by atoms with van der Waals surface area (Å²) >= 11 is 0. The van der Waals surface area contributed by atoms with Gasteiger partial charge in [-0.25, -0.2) is 0 Å². The summed E-state index contributed by atoms with van der Waals surface area (Å²) in [4.78, 5) is 52.5. The average Bonchev–Trinajstić information content (AvgIpc) is 2.85. The summed E-state index contributed by atoms with van der Waals surface area (Å²) in [5, 5.41) is 9.98. The SMILES string of the molecule is CCCC1(OC(=O)C(C)(CC)CC(C)(CC(C)(C)C(=O)O)C(=O)OC2(C)CCOC(=O)C2)C2CC3CC(C2)CC1C3. The molecule has 4 aliphatic carbocycles. The normalized spacial score (nSPS) is 35.6. The van der Waals surface area contributed by atoms with Gasteiger partial charge in [-0.15, -0.1) is 0 Å². The molecule has 0 aromatic carbocycles. The van der Waals surface area contributed by atoms with Crippen LogP contribution in [0.25, 0.3) is 0 Å². The molecule has 1 saturated heterocycles. The van der Waals surface area contributed by atoms with E-state index < -0.39 is 45.4 Å². The van der Waals surface area contributed by atoms with Crippen LogP contribution in [0.3, 0.4) is 0 Å². The predicted octanol–water partition coefficient (Wildman–Crippen LogP) is 6.48. The van der Waals surface area contributed by atoms with Crippen molar-refractivity contribution in [2.75, 3.05) is 6.61 Å². The Morgan fingerprint density at radius 3 is 1.95 bits per heavy atom. The van der Waals surface area contributed by atoms with E-state index in [-0.39, 0.29) is 31.8 Å². The van der Waals surface area contributed by atoms with E-state index in [1.807, 2.05) is 13.8 Å². The largest absolute Gasteiger partial charge is 0.481 e. The van der Waals surface area contributed by atoms with Gasteiger partial charge >= 0.3 is 23.9 Å². The summed E-state index contributed by atoms with van der Waals surface area (Å²) in [5.74, 6) is -0.0794. The van der Waals surface area contributed by atoms with Crippen molar-refractivity contribution in [3.05, 3.63) is 0 Å². The maximum atomic E-state index is 14.3. The van der Waals surface area contributed by atoms with Gasteiger partial charge in [0.1, 0.15) is 11.2 Å². The Bertz CT molecular complexity index is 1020. The molecule has 0 spiro atoms. The molecule has 5 fully saturated rings. The summed E-state index contributed by atoms with van der Waals surface area (Å²) in [6.45, 7) is 12.7. The minimum Gasteiger partial charge on any atom is -0.481 e. The average molecular weight is 577 g/mol. The van der Waals surface area contributed by atoms with Crippen molar-refractivity contribution < 1.29 is 38.5 Å². The van der Waals surface area contributed by atoms with Gasteiger partial charge in [0.25, 0.3) is 0 Å². The van der Waals surface area contributed by atoms with Gasteiger partial charge in [0.2, 0.25) is 0 Å². The molecule has 8 nitrogen and oxygen atoms in total. The molecular formula is C33H52O8. The first-order valence-electron chi connectivity index (χ1n) is 15.9. The Hall–Kier alpha value is -2.12. The number of carboxylic acids is 1. The van der Waals surface area contributed by atoms with Crippen molar-refractivity contribution in [1.82, 2.24) is 0 Å². The van der Waals surface area contributed by atoms with Gasteiger partial charge in [0, 0.05) is 6.42 Å². The topological polar surface area (TPSA) is 116 Å². The second kappa shape index (κ2) is 11.2. The molecule has 1 N–H and O–H groups in total. The Morgan fingerprint density at radius 1 is 0.902 bits per heavy atom. The van der Waals surface area contributed by atoms with Crippen LogP contribution in [0.4, 0.5) is 0 Å². The first kappa shape index (κ1) is 31.8. The van der Waals surface area contributed by atoms with E-state index in [9.17, 15) is 24.3 Å². The van der Waals surface area contributed by atoms with E-state index in [2.05, 4.69) is 6.92 Å². The molecule has 232 valence electrons. The van der Waals surface area contributed by atoms with Crippen LogP contribution in [-0.4, -0.2) is 46.8 Å². The minimum absolute atomic E-state index is 0.0216. The standard InChI is InChI=1S/C33H52O8/c1-8-10-33(23-14-21-13-22(16-23)17-24(33)15-21)41-27(37)30(5,9-2)20-31(6,19-29(3,4)26(35)36)28(38)40-32(7)11-12-39-25(34)18-32/h21-24H,8-20H2,1-7H3,(H,35,36). The number of esters is 3. The van der Waals surface area contributed by atoms with Crippen molar-refractivity contribution in [3.8, 4) is 0 Å². The molecule has 0 amide bonds. The Kier molecular flexibility index (Phi) is 8.67. The van der Waals surface area contributed by atoms with Gasteiger partial charge in [-0.2, -0.15) is 0 Å². The fourth-order valence-corrected chi connectivity index (χ4v) is 9.01. The molecule has 0 radical (unpaired) electrons. The third kappa shape index (κ3) is 6.17. The Morgan fingerprint density at radius 2 is 1.46 bits per heavy atom. The lowest BCUT2D eigenvalue weighted by Crippen LogP contribution is -2.60. The number of carbonyl (C=O) groups is 4. The van der Waals surface area contributed by atoms with E-state index in [0.29, 0.717) is 24.7 Å². The number of hydrogen-bond donors (Lipinski definition) is 1. The molecular weight excluding hydrogens is 524 g/mol. The molecule has 0 aromatic heterocycles.